The maximum atomic E-state index is 10.8. The van der Waals surface area contributed by atoms with Crippen LogP contribution >= 0.6 is 58.3 Å². The van der Waals surface area contributed by atoms with Gasteiger partial charge in [-0.2, -0.15) is 0 Å². The third kappa shape index (κ3) is 6.34. The van der Waals surface area contributed by atoms with E-state index >= 15 is 0 Å². The number of hydrogen-bond acceptors (Lipinski definition) is 4. The van der Waals surface area contributed by atoms with E-state index in [1.54, 1.807) is 12.1 Å². The minimum absolute atomic E-state index is 0.0762. The van der Waals surface area contributed by atoms with Crippen LogP contribution in [-0.2, 0) is 9.59 Å². The molecule has 18 heavy (non-hydrogen) atoms. The first kappa shape index (κ1) is 16.2. The Labute approximate surface area is 129 Å². The van der Waals surface area contributed by atoms with E-state index in [2.05, 4.69) is 0 Å². The molecule has 7 heteroatoms. The van der Waals surface area contributed by atoms with Crippen molar-refractivity contribution in [3.63, 3.8) is 0 Å². The van der Waals surface area contributed by atoms with E-state index in [-0.39, 0.29) is 16.1 Å². The number of hydrogen-bond donors (Lipinski definition) is 0. The highest BCUT2D eigenvalue weighted by Crippen LogP contribution is 2.40. The van der Waals surface area contributed by atoms with Crippen LogP contribution in [0.1, 0.15) is 10.1 Å². The third-order valence-corrected chi connectivity index (χ3v) is 5.50. The van der Waals surface area contributed by atoms with Gasteiger partial charge in [0.05, 0.1) is 16.1 Å². The lowest BCUT2D eigenvalue weighted by Gasteiger charge is -2.14. The summed E-state index contributed by atoms with van der Waals surface area (Å²) in [5, 5.41) is -0.206. The van der Waals surface area contributed by atoms with Gasteiger partial charge >= 0.3 is 0 Å². The largest absolute Gasteiger partial charge is 0.280 e. The van der Waals surface area contributed by atoms with Crippen molar-refractivity contribution in [2.24, 2.45) is 0 Å². The zero-order valence-corrected chi connectivity index (χ0v) is 13.0. The molecule has 0 bridgehead atoms. The van der Waals surface area contributed by atoms with Crippen LogP contribution in [0.15, 0.2) is 24.3 Å². The molecule has 0 saturated heterocycles. The van der Waals surface area contributed by atoms with Gasteiger partial charge in [0.1, 0.15) is 0 Å². The SMILES string of the molecule is O=C(Cl)CSC(SCC(=O)Cl)c1ccc(Cl)cc1. The highest BCUT2D eigenvalue weighted by molar-refractivity contribution is 8.17. The Morgan fingerprint density at radius 2 is 1.44 bits per heavy atom. The van der Waals surface area contributed by atoms with Crippen LogP contribution in [0.3, 0.4) is 0 Å². The maximum absolute atomic E-state index is 10.8. The second kappa shape index (κ2) is 8.33. The molecular weight excluding hydrogens is 335 g/mol. The van der Waals surface area contributed by atoms with Crippen molar-refractivity contribution in [2.45, 2.75) is 4.58 Å². The van der Waals surface area contributed by atoms with Crippen molar-refractivity contribution >= 4 is 68.8 Å². The van der Waals surface area contributed by atoms with Crippen molar-refractivity contribution < 1.29 is 9.59 Å². The van der Waals surface area contributed by atoms with Crippen LogP contribution in [0.4, 0.5) is 0 Å². The summed E-state index contributed by atoms with van der Waals surface area (Å²) in [6, 6.07) is 7.22. The van der Waals surface area contributed by atoms with Crippen LogP contribution in [0.2, 0.25) is 5.02 Å². The minimum Gasteiger partial charge on any atom is -0.280 e. The molecule has 0 amide bonds. The third-order valence-electron chi connectivity index (χ3n) is 1.84. The summed E-state index contributed by atoms with van der Waals surface area (Å²) in [6.45, 7) is 0. The summed E-state index contributed by atoms with van der Waals surface area (Å²) >= 11 is 19.2. The van der Waals surface area contributed by atoms with Crippen molar-refractivity contribution in [2.75, 3.05) is 11.5 Å². The quantitative estimate of drug-likeness (QED) is 0.545. The summed E-state index contributed by atoms with van der Waals surface area (Å²) in [5.74, 6) is 0.358. The fraction of sp³-hybridized carbons (Fsp3) is 0.273. The zero-order valence-electron chi connectivity index (χ0n) is 9.07. The maximum Gasteiger partial charge on any atom is 0.231 e. The van der Waals surface area contributed by atoms with E-state index in [4.69, 9.17) is 34.8 Å². The molecule has 0 aliphatic heterocycles. The molecule has 0 aliphatic carbocycles. The van der Waals surface area contributed by atoms with E-state index < -0.39 is 10.5 Å². The molecule has 0 N–H and O–H groups in total. The van der Waals surface area contributed by atoms with Crippen molar-refractivity contribution in [3.8, 4) is 0 Å². The lowest BCUT2D eigenvalue weighted by atomic mass is 10.2. The van der Waals surface area contributed by atoms with E-state index in [1.807, 2.05) is 12.1 Å². The topological polar surface area (TPSA) is 34.1 Å². The van der Waals surface area contributed by atoms with Gasteiger partial charge < -0.3 is 0 Å². The zero-order chi connectivity index (χ0) is 13.5. The van der Waals surface area contributed by atoms with Crippen LogP contribution in [0.25, 0.3) is 0 Å². The molecule has 0 fully saturated rings. The molecule has 0 unspecified atom stereocenters. The molecule has 0 aromatic heterocycles. The number of rotatable bonds is 7. The molecule has 0 radical (unpaired) electrons. The predicted octanol–water partition coefficient (Wildman–Crippen LogP) is 4.34. The first-order valence-corrected chi connectivity index (χ1v) is 8.07. The summed E-state index contributed by atoms with van der Waals surface area (Å²) in [6.07, 6.45) is 0. The first-order valence-electron chi connectivity index (χ1n) is 4.84. The monoisotopic (exact) mass is 342 g/mol. The Morgan fingerprint density at radius 3 is 1.83 bits per heavy atom. The van der Waals surface area contributed by atoms with Crippen LogP contribution < -0.4 is 0 Å². The lowest BCUT2D eigenvalue weighted by Crippen LogP contribution is -1.99. The second-order valence-electron chi connectivity index (χ2n) is 3.22. The normalized spacial score (nSPS) is 10.7. The molecule has 0 aliphatic rings. The van der Waals surface area contributed by atoms with Gasteiger partial charge in [0.2, 0.25) is 10.5 Å². The summed E-state index contributed by atoms with van der Waals surface area (Å²) in [7, 11) is 0. The first-order chi connectivity index (χ1) is 8.49. The van der Waals surface area contributed by atoms with E-state index in [0.29, 0.717) is 5.02 Å². The van der Waals surface area contributed by atoms with Crippen molar-refractivity contribution in [1.82, 2.24) is 0 Å². The van der Waals surface area contributed by atoms with Gasteiger partial charge in [-0.25, -0.2) is 0 Å². The van der Waals surface area contributed by atoms with Gasteiger partial charge in [0, 0.05) is 5.02 Å². The molecule has 1 rings (SSSR count). The molecule has 0 heterocycles. The number of halogens is 3. The number of thioether (sulfide) groups is 2. The standard InChI is InChI=1S/C11H9Cl3O2S2/c12-8-3-1-7(2-4-8)11(17-5-9(13)15)18-6-10(14)16/h1-4,11H,5-6H2. The van der Waals surface area contributed by atoms with Gasteiger partial charge in [-0.05, 0) is 40.9 Å². The highest BCUT2D eigenvalue weighted by Gasteiger charge is 2.15. The van der Waals surface area contributed by atoms with Gasteiger partial charge in [0.15, 0.2) is 0 Å². The average Bonchev–Trinajstić information content (AvgIpc) is 2.30. The Morgan fingerprint density at radius 1 is 1.00 bits per heavy atom. The number of carbonyl (C=O) groups excluding carboxylic acids is 2. The van der Waals surface area contributed by atoms with Gasteiger partial charge in [-0.3, -0.25) is 9.59 Å². The Kier molecular flexibility index (Phi) is 7.49. The van der Waals surface area contributed by atoms with Gasteiger partial charge in [-0.1, -0.05) is 23.7 Å². The second-order valence-corrected chi connectivity index (χ2v) is 6.98. The molecule has 2 nitrogen and oxygen atoms in total. The molecule has 0 atom stereocenters. The van der Waals surface area contributed by atoms with Crippen LogP contribution in [-0.4, -0.2) is 22.0 Å². The molecule has 98 valence electrons. The Bertz CT molecular complexity index is 405. The molecule has 1 aromatic carbocycles. The molecule has 0 spiro atoms. The van der Waals surface area contributed by atoms with Crippen LogP contribution in [0, 0.1) is 0 Å². The van der Waals surface area contributed by atoms with E-state index in [0.717, 1.165) is 5.56 Å². The van der Waals surface area contributed by atoms with E-state index in [1.165, 1.54) is 23.5 Å². The summed E-state index contributed by atoms with van der Waals surface area (Å²) in [4.78, 5) is 21.6. The fourth-order valence-electron chi connectivity index (χ4n) is 1.14. The molecule has 1 aromatic rings. The van der Waals surface area contributed by atoms with Gasteiger partial charge in [-0.15, -0.1) is 23.5 Å². The number of benzene rings is 1. The Balaban J connectivity index is 2.71. The fourth-order valence-corrected chi connectivity index (χ4v) is 3.70. The summed E-state index contributed by atoms with van der Waals surface area (Å²) < 4.78 is -0.0762. The molecular formula is C11H9Cl3O2S2. The predicted molar refractivity (Wildman–Crippen MR) is 80.8 cm³/mol. The van der Waals surface area contributed by atoms with E-state index in [9.17, 15) is 9.59 Å². The minimum atomic E-state index is -0.420. The average molecular weight is 344 g/mol. The van der Waals surface area contributed by atoms with Crippen molar-refractivity contribution in [1.29, 1.82) is 0 Å². The van der Waals surface area contributed by atoms with Crippen molar-refractivity contribution in [3.05, 3.63) is 34.9 Å². The smallest absolute Gasteiger partial charge is 0.231 e. The van der Waals surface area contributed by atoms with Gasteiger partial charge in [0.25, 0.3) is 0 Å². The Hall–Kier alpha value is 0.130. The highest BCUT2D eigenvalue weighted by atomic mass is 35.5. The number of carbonyl (C=O) groups is 2. The van der Waals surface area contributed by atoms with Crippen LogP contribution in [0.5, 0.6) is 0 Å². The summed E-state index contributed by atoms with van der Waals surface area (Å²) in [5.41, 5.74) is 0.963. The lowest BCUT2D eigenvalue weighted by molar-refractivity contribution is -0.110. The molecule has 0 saturated carbocycles.